The largest absolute Gasteiger partial charge is 0.384 e. The molecule has 110 valence electrons. The molecule has 1 atom stereocenters. The Morgan fingerprint density at radius 3 is 2.57 bits per heavy atom. The number of rotatable bonds is 4. The van der Waals surface area contributed by atoms with E-state index in [4.69, 9.17) is 0 Å². The second-order valence-corrected chi connectivity index (χ2v) is 5.16. The smallest absolute Gasteiger partial charge is 0.263 e. The lowest BCUT2D eigenvalue weighted by Gasteiger charge is -2.24. The summed E-state index contributed by atoms with van der Waals surface area (Å²) in [5.74, 6) is -0.493. The molecule has 0 aliphatic carbocycles. The second-order valence-electron chi connectivity index (χ2n) is 5.16. The molecule has 0 aliphatic rings. The van der Waals surface area contributed by atoms with E-state index in [9.17, 15) is 14.7 Å². The highest BCUT2D eigenvalue weighted by atomic mass is 16.3. The molecule has 0 saturated heterocycles. The third-order valence-corrected chi connectivity index (χ3v) is 3.36. The Kier molecular flexibility index (Phi) is 4.23. The van der Waals surface area contributed by atoms with E-state index in [-0.39, 0.29) is 17.7 Å². The van der Waals surface area contributed by atoms with Crippen LogP contribution in [0.2, 0.25) is 0 Å². The van der Waals surface area contributed by atoms with Crippen LogP contribution in [0.15, 0.2) is 53.5 Å². The number of benzene rings is 1. The van der Waals surface area contributed by atoms with Crippen LogP contribution in [0.5, 0.6) is 0 Å². The van der Waals surface area contributed by atoms with Gasteiger partial charge in [0.15, 0.2) is 0 Å². The lowest BCUT2D eigenvalue weighted by molar-refractivity contribution is 0.0526. The van der Waals surface area contributed by atoms with Crippen molar-refractivity contribution in [2.24, 2.45) is 7.05 Å². The van der Waals surface area contributed by atoms with E-state index < -0.39 is 11.5 Å². The van der Waals surface area contributed by atoms with Crippen LogP contribution in [-0.2, 0) is 12.6 Å². The summed E-state index contributed by atoms with van der Waals surface area (Å²) in [6.45, 7) is 1.64. The molecule has 0 unspecified atom stereocenters. The molecule has 1 amide bonds. The van der Waals surface area contributed by atoms with E-state index in [2.05, 4.69) is 5.32 Å². The molecule has 1 aromatic carbocycles. The van der Waals surface area contributed by atoms with Gasteiger partial charge in [-0.25, -0.2) is 0 Å². The van der Waals surface area contributed by atoms with Crippen molar-refractivity contribution >= 4 is 5.91 Å². The number of carbonyl (C=O) groups is 1. The molecule has 1 heterocycles. The van der Waals surface area contributed by atoms with Crippen LogP contribution in [0.3, 0.4) is 0 Å². The van der Waals surface area contributed by atoms with Gasteiger partial charge in [-0.1, -0.05) is 30.3 Å². The molecule has 0 fully saturated rings. The Bertz CT molecular complexity index is 690. The Balaban J connectivity index is 2.11. The maximum atomic E-state index is 12.1. The van der Waals surface area contributed by atoms with Gasteiger partial charge in [-0.05, 0) is 24.6 Å². The molecular weight excluding hydrogens is 268 g/mol. The zero-order valence-corrected chi connectivity index (χ0v) is 12.0. The van der Waals surface area contributed by atoms with Crippen molar-refractivity contribution in [3.63, 3.8) is 0 Å². The SMILES string of the molecule is Cn1cccc(C(=O)NC[C@@](C)(O)c2ccccc2)c1=O. The molecule has 5 nitrogen and oxygen atoms in total. The van der Waals surface area contributed by atoms with Crippen molar-refractivity contribution in [2.75, 3.05) is 6.54 Å². The summed E-state index contributed by atoms with van der Waals surface area (Å²) >= 11 is 0. The summed E-state index contributed by atoms with van der Waals surface area (Å²) in [6.07, 6.45) is 1.58. The molecule has 2 N–H and O–H groups in total. The van der Waals surface area contributed by atoms with Crippen molar-refractivity contribution < 1.29 is 9.90 Å². The van der Waals surface area contributed by atoms with Crippen LogP contribution in [0, 0.1) is 0 Å². The molecule has 0 spiro atoms. The summed E-state index contributed by atoms with van der Waals surface area (Å²) in [6, 6.07) is 12.2. The normalized spacial score (nSPS) is 13.5. The average Bonchev–Trinajstić information content (AvgIpc) is 2.49. The van der Waals surface area contributed by atoms with Crippen LogP contribution in [-0.4, -0.2) is 22.1 Å². The second kappa shape index (κ2) is 5.93. The maximum Gasteiger partial charge on any atom is 0.263 e. The number of hydrogen-bond acceptors (Lipinski definition) is 3. The summed E-state index contributed by atoms with van der Waals surface area (Å²) in [4.78, 5) is 23.9. The lowest BCUT2D eigenvalue weighted by Crippen LogP contribution is -2.40. The van der Waals surface area contributed by atoms with Crippen molar-refractivity contribution in [3.8, 4) is 0 Å². The molecule has 0 bridgehead atoms. The van der Waals surface area contributed by atoms with Gasteiger partial charge in [0.25, 0.3) is 11.5 Å². The molecule has 0 radical (unpaired) electrons. The zero-order valence-electron chi connectivity index (χ0n) is 12.0. The number of nitrogens with zero attached hydrogens (tertiary/aromatic N) is 1. The number of aryl methyl sites for hydroxylation is 1. The van der Waals surface area contributed by atoms with Crippen LogP contribution >= 0.6 is 0 Å². The zero-order chi connectivity index (χ0) is 15.5. The summed E-state index contributed by atoms with van der Waals surface area (Å²) < 4.78 is 1.34. The van der Waals surface area contributed by atoms with E-state index in [1.807, 2.05) is 18.2 Å². The monoisotopic (exact) mass is 286 g/mol. The van der Waals surface area contributed by atoms with Crippen LogP contribution in [0.25, 0.3) is 0 Å². The summed E-state index contributed by atoms with van der Waals surface area (Å²) in [5.41, 5.74) is -0.804. The first-order valence-electron chi connectivity index (χ1n) is 6.63. The van der Waals surface area contributed by atoms with E-state index in [1.165, 1.54) is 10.6 Å². The van der Waals surface area contributed by atoms with Gasteiger partial charge < -0.3 is 15.0 Å². The van der Waals surface area contributed by atoms with Gasteiger partial charge in [0.2, 0.25) is 0 Å². The van der Waals surface area contributed by atoms with Crippen LogP contribution < -0.4 is 10.9 Å². The third kappa shape index (κ3) is 3.38. The first-order chi connectivity index (χ1) is 9.92. The molecular formula is C16H18N2O3. The molecule has 2 aromatic rings. The van der Waals surface area contributed by atoms with Crippen LogP contribution in [0.1, 0.15) is 22.8 Å². The van der Waals surface area contributed by atoms with Crippen molar-refractivity contribution in [1.29, 1.82) is 0 Å². The predicted molar refractivity (Wildman–Crippen MR) is 80.0 cm³/mol. The lowest BCUT2D eigenvalue weighted by atomic mass is 9.96. The van der Waals surface area contributed by atoms with Gasteiger partial charge >= 0.3 is 0 Å². The minimum atomic E-state index is -1.20. The summed E-state index contributed by atoms with van der Waals surface area (Å²) in [7, 11) is 1.58. The minimum Gasteiger partial charge on any atom is -0.384 e. The molecule has 2 rings (SSSR count). The number of aliphatic hydroxyl groups is 1. The predicted octanol–water partition coefficient (Wildman–Crippen LogP) is 1.02. The number of pyridine rings is 1. The minimum absolute atomic E-state index is 0.0217. The van der Waals surface area contributed by atoms with E-state index >= 15 is 0 Å². The Labute approximate surface area is 122 Å². The van der Waals surface area contributed by atoms with Crippen molar-refractivity contribution in [3.05, 3.63) is 70.1 Å². The Hall–Kier alpha value is -2.40. The van der Waals surface area contributed by atoms with E-state index in [1.54, 1.807) is 38.4 Å². The van der Waals surface area contributed by atoms with Crippen molar-refractivity contribution in [2.45, 2.75) is 12.5 Å². The maximum absolute atomic E-state index is 12.1. The Morgan fingerprint density at radius 1 is 1.24 bits per heavy atom. The fourth-order valence-electron chi connectivity index (χ4n) is 2.02. The first kappa shape index (κ1) is 15.0. The Morgan fingerprint density at radius 2 is 1.90 bits per heavy atom. The fourth-order valence-corrected chi connectivity index (χ4v) is 2.02. The van der Waals surface area contributed by atoms with Crippen molar-refractivity contribution in [1.82, 2.24) is 9.88 Å². The van der Waals surface area contributed by atoms with Gasteiger partial charge in [0, 0.05) is 13.2 Å². The molecule has 1 aromatic heterocycles. The first-order valence-corrected chi connectivity index (χ1v) is 6.63. The number of carbonyl (C=O) groups excluding carboxylic acids is 1. The highest BCUT2D eigenvalue weighted by Gasteiger charge is 2.24. The quantitative estimate of drug-likeness (QED) is 0.881. The molecule has 0 aliphatic heterocycles. The van der Waals surface area contributed by atoms with Gasteiger partial charge in [-0.3, -0.25) is 9.59 Å². The average molecular weight is 286 g/mol. The topological polar surface area (TPSA) is 71.3 Å². The van der Waals surface area contributed by atoms with Crippen LogP contribution in [0.4, 0.5) is 0 Å². The van der Waals surface area contributed by atoms with Gasteiger partial charge in [0.05, 0.1) is 6.54 Å². The highest BCUT2D eigenvalue weighted by Crippen LogP contribution is 2.18. The van der Waals surface area contributed by atoms with Gasteiger partial charge in [-0.15, -0.1) is 0 Å². The number of hydrogen-bond donors (Lipinski definition) is 2. The number of nitrogens with one attached hydrogen (secondary N) is 1. The molecule has 0 saturated carbocycles. The number of amides is 1. The standard InChI is InChI=1S/C16H18N2O3/c1-16(21,12-7-4-3-5-8-12)11-17-14(19)13-9-6-10-18(2)15(13)20/h3-10,21H,11H2,1-2H3,(H,17,19)/t16-/m1/s1. The fraction of sp³-hybridized carbons (Fsp3) is 0.250. The number of aromatic nitrogens is 1. The van der Waals surface area contributed by atoms with Gasteiger partial charge in [0.1, 0.15) is 11.2 Å². The van der Waals surface area contributed by atoms with E-state index in [0.29, 0.717) is 5.56 Å². The third-order valence-electron chi connectivity index (χ3n) is 3.36. The molecule has 21 heavy (non-hydrogen) atoms. The summed E-state index contributed by atoms with van der Waals surface area (Å²) in [5, 5.41) is 13.0. The van der Waals surface area contributed by atoms with E-state index in [0.717, 1.165) is 0 Å². The van der Waals surface area contributed by atoms with Gasteiger partial charge in [-0.2, -0.15) is 0 Å². The molecule has 5 heteroatoms. The highest BCUT2D eigenvalue weighted by molar-refractivity contribution is 5.93.